The predicted octanol–water partition coefficient (Wildman–Crippen LogP) is 4.38. The van der Waals surface area contributed by atoms with Crippen LogP contribution in [0.2, 0.25) is 0 Å². The maximum Gasteiger partial charge on any atom is 0.226 e. The van der Waals surface area contributed by atoms with E-state index < -0.39 is 0 Å². The molecule has 3 aliphatic carbocycles. The number of amides is 2. The van der Waals surface area contributed by atoms with Gasteiger partial charge in [0, 0.05) is 31.5 Å². The van der Waals surface area contributed by atoms with Gasteiger partial charge >= 0.3 is 0 Å². The molecule has 158 valence electrons. The summed E-state index contributed by atoms with van der Waals surface area (Å²) in [6.07, 6.45) is 8.69. The van der Waals surface area contributed by atoms with Crippen molar-refractivity contribution in [2.45, 2.75) is 92.0 Å². The number of nitrogens with zero attached hydrogens (tertiary/aromatic N) is 1. The first-order chi connectivity index (χ1) is 13.2. The minimum Gasteiger partial charge on any atom is -0.353 e. The van der Waals surface area contributed by atoms with E-state index in [1.807, 2.05) is 0 Å². The second-order valence-corrected chi connectivity index (χ2v) is 10.9. The lowest BCUT2D eigenvalue weighted by Crippen LogP contribution is -2.65. The van der Waals surface area contributed by atoms with Gasteiger partial charge in [-0.3, -0.25) is 9.59 Å². The number of carbonyl (C=O) groups is 2. The lowest BCUT2D eigenvalue weighted by molar-refractivity contribution is -0.171. The van der Waals surface area contributed by atoms with Crippen molar-refractivity contribution in [2.75, 3.05) is 13.1 Å². The van der Waals surface area contributed by atoms with Crippen molar-refractivity contribution in [3.05, 3.63) is 0 Å². The van der Waals surface area contributed by atoms with Gasteiger partial charge in [0.2, 0.25) is 11.8 Å². The van der Waals surface area contributed by atoms with Crippen LogP contribution in [0.15, 0.2) is 0 Å². The van der Waals surface area contributed by atoms with Crippen LogP contribution in [-0.4, -0.2) is 35.8 Å². The normalized spacial score (nSPS) is 47.5. The standard InChI is InChI=1S/C24H40N2O2/c1-6-26(7-2)21(28)18-9-8-16-17-10-11-19-24(5,13-12-20(27)25-19)23(17,4)15-14-22(16,18)3/h16-19H,6-15H2,1-5H3,(H,25,27)/t16-,17-,18+,19+,22-,23-,24-/m0/s1. The van der Waals surface area contributed by atoms with E-state index >= 15 is 0 Å². The third-order valence-corrected chi connectivity index (χ3v) is 10.3. The van der Waals surface area contributed by atoms with Gasteiger partial charge in [0.05, 0.1) is 0 Å². The molecule has 4 rings (SSSR count). The van der Waals surface area contributed by atoms with E-state index in [2.05, 4.69) is 44.8 Å². The minimum absolute atomic E-state index is 0.158. The Morgan fingerprint density at radius 1 is 0.964 bits per heavy atom. The Morgan fingerprint density at radius 2 is 1.64 bits per heavy atom. The fourth-order valence-electron chi connectivity index (χ4n) is 8.23. The molecule has 1 saturated heterocycles. The van der Waals surface area contributed by atoms with Crippen molar-refractivity contribution in [3.8, 4) is 0 Å². The van der Waals surface area contributed by atoms with E-state index in [1.54, 1.807) is 0 Å². The third kappa shape index (κ3) is 2.55. The Labute approximate surface area is 171 Å². The summed E-state index contributed by atoms with van der Waals surface area (Å²) in [6, 6.07) is 0.342. The number of fused-ring (bicyclic) bond motifs is 5. The highest BCUT2D eigenvalue weighted by Gasteiger charge is 2.66. The fraction of sp³-hybridized carbons (Fsp3) is 0.917. The third-order valence-electron chi connectivity index (χ3n) is 10.3. The van der Waals surface area contributed by atoms with Crippen molar-refractivity contribution in [3.63, 3.8) is 0 Å². The van der Waals surface area contributed by atoms with Gasteiger partial charge in [-0.2, -0.15) is 0 Å². The van der Waals surface area contributed by atoms with Crippen LogP contribution in [0.3, 0.4) is 0 Å². The summed E-state index contributed by atoms with van der Waals surface area (Å²) in [5.41, 5.74) is 0.637. The second-order valence-electron chi connectivity index (χ2n) is 10.9. The van der Waals surface area contributed by atoms with Crippen LogP contribution in [0, 0.1) is 34.0 Å². The molecule has 1 N–H and O–H groups in total. The van der Waals surface area contributed by atoms with E-state index in [0.717, 1.165) is 32.4 Å². The van der Waals surface area contributed by atoms with E-state index in [9.17, 15) is 9.59 Å². The first-order valence-electron chi connectivity index (χ1n) is 11.8. The lowest BCUT2D eigenvalue weighted by atomic mass is 9.40. The fourth-order valence-corrected chi connectivity index (χ4v) is 8.23. The monoisotopic (exact) mass is 388 g/mol. The highest BCUT2D eigenvalue weighted by molar-refractivity contribution is 5.80. The van der Waals surface area contributed by atoms with E-state index in [-0.39, 0.29) is 28.1 Å². The molecule has 0 bridgehead atoms. The molecular formula is C24H40N2O2. The molecule has 4 heteroatoms. The van der Waals surface area contributed by atoms with E-state index in [4.69, 9.17) is 0 Å². The van der Waals surface area contributed by atoms with Gasteiger partial charge in [-0.15, -0.1) is 0 Å². The number of carbonyl (C=O) groups excluding carboxylic acids is 2. The van der Waals surface area contributed by atoms with Crippen molar-refractivity contribution in [1.82, 2.24) is 10.2 Å². The molecule has 1 aliphatic heterocycles. The average molecular weight is 389 g/mol. The van der Waals surface area contributed by atoms with Crippen LogP contribution in [0.5, 0.6) is 0 Å². The second kappa shape index (κ2) is 6.74. The van der Waals surface area contributed by atoms with Crippen molar-refractivity contribution in [1.29, 1.82) is 0 Å². The van der Waals surface area contributed by atoms with Gasteiger partial charge in [-0.25, -0.2) is 0 Å². The topological polar surface area (TPSA) is 49.4 Å². The molecule has 1 heterocycles. The van der Waals surface area contributed by atoms with Crippen LogP contribution >= 0.6 is 0 Å². The first-order valence-corrected chi connectivity index (χ1v) is 11.8. The lowest BCUT2D eigenvalue weighted by Gasteiger charge is -2.66. The zero-order valence-corrected chi connectivity index (χ0v) is 18.6. The van der Waals surface area contributed by atoms with Crippen LogP contribution in [-0.2, 0) is 9.59 Å². The number of hydrogen-bond donors (Lipinski definition) is 1. The molecule has 3 saturated carbocycles. The molecule has 4 nitrogen and oxygen atoms in total. The Hall–Kier alpha value is -1.06. The van der Waals surface area contributed by atoms with Gasteiger partial charge in [0.15, 0.2) is 0 Å². The Kier molecular flexibility index (Phi) is 4.87. The molecule has 4 fully saturated rings. The molecular weight excluding hydrogens is 348 g/mol. The van der Waals surface area contributed by atoms with Crippen LogP contribution in [0.4, 0.5) is 0 Å². The molecule has 0 radical (unpaired) electrons. The van der Waals surface area contributed by atoms with Gasteiger partial charge in [0.1, 0.15) is 0 Å². The number of rotatable bonds is 3. The van der Waals surface area contributed by atoms with Gasteiger partial charge in [-0.1, -0.05) is 20.8 Å². The van der Waals surface area contributed by atoms with E-state index in [0.29, 0.717) is 30.2 Å². The van der Waals surface area contributed by atoms with Crippen molar-refractivity contribution < 1.29 is 9.59 Å². The summed E-state index contributed by atoms with van der Waals surface area (Å²) in [4.78, 5) is 27.4. The highest BCUT2D eigenvalue weighted by Crippen LogP contribution is 2.70. The summed E-state index contributed by atoms with van der Waals surface area (Å²) in [5, 5.41) is 3.34. The van der Waals surface area contributed by atoms with Gasteiger partial charge in [0.25, 0.3) is 0 Å². The Balaban J connectivity index is 1.63. The first kappa shape index (κ1) is 20.2. The molecule has 0 aromatic rings. The molecule has 0 aromatic carbocycles. The maximum absolute atomic E-state index is 13.3. The number of hydrogen-bond acceptors (Lipinski definition) is 2. The zero-order valence-electron chi connectivity index (χ0n) is 18.6. The summed E-state index contributed by atoms with van der Waals surface area (Å²) in [7, 11) is 0. The van der Waals surface area contributed by atoms with Crippen LogP contribution < -0.4 is 5.32 Å². The molecule has 28 heavy (non-hydrogen) atoms. The molecule has 4 aliphatic rings. The predicted molar refractivity (Wildman–Crippen MR) is 112 cm³/mol. The minimum atomic E-state index is 0.158. The summed E-state index contributed by atoms with van der Waals surface area (Å²) in [5.74, 6) is 2.21. The molecule has 7 atom stereocenters. The van der Waals surface area contributed by atoms with Crippen LogP contribution in [0.25, 0.3) is 0 Å². The molecule has 2 amide bonds. The van der Waals surface area contributed by atoms with Crippen LogP contribution in [0.1, 0.15) is 86.0 Å². The average Bonchev–Trinajstić information content (AvgIpc) is 3.01. The number of piperidine rings is 1. The van der Waals surface area contributed by atoms with E-state index in [1.165, 1.54) is 25.7 Å². The Bertz CT molecular complexity index is 659. The smallest absolute Gasteiger partial charge is 0.226 e. The maximum atomic E-state index is 13.3. The van der Waals surface area contributed by atoms with Crippen molar-refractivity contribution >= 4 is 11.8 Å². The Morgan fingerprint density at radius 3 is 2.32 bits per heavy atom. The van der Waals surface area contributed by atoms with Crippen molar-refractivity contribution in [2.24, 2.45) is 34.0 Å². The quantitative estimate of drug-likeness (QED) is 0.780. The SMILES string of the molecule is CCN(CC)C(=O)[C@H]1CC[C@H]2[C@@H]3CC[C@H]4NC(=O)CC[C@]4(C)[C@@]3(C)CC[C@]12C. The summed E-state index contributed by atoms with van der Waals surface area (Å²) in [6.45, 7) is 13.3. The molecule has 0 unspecified atom stereocenters. The summed E-state index contributed by atoms with van der Waals surface area (Å²) < 4.78 is 0. The van der Waals surface area contributed by atoms with Gasteiger partial charge < -0.3 is 10.2 Å². The number of nitrogens with one attached hydrogen (secondary N) is 1. The van der Waals surface area contributed by atoms with Gasteiger partial charge in [-0.05, 0) is 86.9 Å². The zero-order chi connectivity index (χ0) is 20.3. The summed E-state index contributed by atoms with van der Waals surface area (Å²) >= 11 is 0. The molecule has 0 spiro atoms. The largest absolute Gasteiger partial charge is 0.353 e. The highest BCUT2D eigenvalue weighted by atomic mass is 16.2. The molecule has 0 aromatic heterocycles.